The minimum Gasteiger partial charge on any atom is -0.369 e. The Labute approximate surface area is 194 Å². The molecule has 0 radical (unpaired) electrons. The zero-order valence-corrected chi connectivity index (χ0v) is 20.4. The topological polar surface area (TPSA) is 98.9 Å². The molecule has 1 aliphatic rings. The van der Waals surface area contributed by atoms with E-state index < -0.39 is 0 Å². The van der Waals surface area contributed by atoms with Gasteiger partial charge in [0.1, 0.15) is 5.82 Å². The third-order valence-corrected chi connectivity index (χ3v) is 6.21. The molecule has 8 heteroatoms. The summed E-state index contributed by atoms with van der Waals surface area (Å²) >= 11 is 0. The van der Waals surface area contributed by atoms with E-state index in [0.717, 1.165) is 75.9 Å². The Bertz CT molecular complexity index is 712. The van der Waals surface area contributed by atoms with Gasteiger partial charge < -0.3 is 26.2 Å². The normalized spacial score (nSPS) is 16.3. The van der Waals surface area contributed by atoms with E-state index in [-0.39, 0.29) is 11.8 Å². The molecule has 32 heavy (non-hydrogen) atoms. The van der Waals surface area contributed by atoms with Gasteiger partial charge in [0.25, 0.3) is 0 Å². The van der Waals surface area contributed by atoms with Crippen molar-refractivity contribution >= 4 is 17.7 Å². The number of aromatic nitrogens is 1. The molecule has 0 spiro atoms. The van der Waals surface area contributed by atoms with Crippen molar-refractivity contribution in [3.05, 3.63) is 23.9 Å². The van der Waals surface area contributed by atoms with Crippen LogP contribution in [0, 0.1) is 5.92 Å². The first-order valence-electron chi connectivity index (χ1n) is 12.2. The number of rotatable bonds is 12. The maximum Gasteiger partial charge on any atom is 0.220 e. The van der Waals surface area contributed by atoms with Crippen molar-refractivity contribution in [2.45, 2.75) is 66.0 Å². The molecule has 0 aliphatic carbocycles. The lowest BCUT2D eigenvalue weighted by atomic mass is 9.96. The minimum atomic E-state index is -0.192. The molecular formula is C24H43N7O. The smallest absolute Gasteiger partial charge is 0.220 e. The summed E-state index contributed by atoms with van der Waals surface area (Å²) < 4.78 is 0. The van der Waals surface area contributed by atoms with Gasteiger partial charge in [-0.25, -0.2) is 9.98 Å². The quantitative estimate of drug-likeness (QED) is 0.337. The molecule has 2 heterocycles. The van der Waals surface area contributed by atoms with Crippen LogP contribution in [0.5, 0.6) is 0 Å². The Balaban J connectivity index is 1.96. The number of guanidine groups is 1. The molecule has 2 rings (SSSR count). The van der Waals surface area contributed by atoms with Gasteiger partial charge in [-0.1, -0.05) is 19.9 Å². The number of nitrogens with one attached hydrogen (secondary N) is 2. The number of nitrogens with zero attached hydrogens (tertiary/aromatic N) is 4. The number of carbonyl (C=O) groups is 1. The molecule has 1 amide bonds. The van der Waals surface area contributed by atoms with Crippen LogP contribution in [-0.2, 0) is 11.3 Å². The fourth-order valence-corrected chi connectivity index (χ4v) is 4.16. The number of anilines is 1. The Morgan fingerprint density at radius 3 is 2.66 bits per heavy atom. The van der Waals surface area contributed by atoms with Crippen molar-refractivity contribution in [2.24, 2.45) is 16.6 Å². The highest BCUT2D eigenvalue weighted by molar-refractivity contribution is 5.80. The Kier molecular flexibility index (Phi) is 11.3. The average molecular weight is 446 g/mol. The van der Waals surface area contributed by atoms with Crippen LogP contribution < -0.4 is 21.3 Å². The highest BCUT2D eigenvalue weighted by Crippen LogP contribution is 2.24. The number of pyridine rings is 1. The summed E-state index contributed by atoms with van der Waals surface area (Å²) in [5, 5.41) is 6.92. The monoisotopic (exact) mass is 445 g/mol. The summed E-state index contributed by atoms with van der Waals surface area (Å²) in [5.74, 6) is 1.58. The maximum atomic E-state index is 11.5. The number of piperidine rings is 1. The molecule has 180 valence electrons. The van der Waals surface area contributed by atoms with Gasteiger partial charge in [-0.05, 0) is 65.2 Å². The van der Waals surface area contributed by atoms with Gasteiger partial charge in [-0.2, -0.15) is 0 Å². The number of nitrogens with two attached hydrogens (primary N) is 1. The first-order chi connectivity index (χ1) is 15.5. The molecule has 1 unspecified atom stereocenters. The molecule has 0 saturated carbocycles. The predicted molar refractivity (Wildman–Crippen MR) is 133 cm³/mol. The van der Waals surface area contributed by atoms with E-state index in [2.05, 4.69) is 59.2 Å². The van der Waals surface area contributed by atoms with Crippen LogP contribution in [0.15, 0.2) is 23.3 Å². The predicted octanol–water partition coefficient (Wildman–Crippen LogP) is 2.35. The zero-order valence-electron chi connectivity index (χ0n) is 20.4. The van der Waals surface area contributed by atoms with Crippen LogP contribution in [0.1, 0.15) is 58.9 Å². The number of hydrogen-bond acceptors (Lipinski definition) is 5. The van der Waals surface area contributed by atoms with Crippen LogP contribution in [0.3, 0.4) is 0 Å². The summed E-state index contributed by atoms with van der Waals surface area (Å²) in [6.07, 6.45) is 5.66. The first-order valence-corrected chi connectivity index (χ1v) is 12.2. The maximum absolute atomic E-state index is 11.5. The van der Waals surface area contributed by atoms with Crippen LogP contribution in [0.25, 0.3) is 0 Å². The molecular weight excluding hydrogens is 402 g/mol. The molecule has 1 fully saturated rings. The van der Waals surface area contributed by atoms with E-state index in [0.29, 0.717) is 12.6 Å². The van der Waals surface area contributed by atoms with E-state index in [4.69, 9.17) is 10.7 Å². The van der Waals surface area contributed by atoms with E-state index in [1.54, 1.807) is 0 Å². The second kappa shape index (κ2) is 13.9. The first kappa shape index (κ1) is 25.9. The van der Waals surface area contributed by atoms with Gasteiger partial charge in [-0.3, -0.25) is 4.79 Å². The molecule has 8 nitrogen and oxygen atoms in total. The lowest BCUT2D eigenvalue weighted by Crippen LogP contribution is -2.42. The van der Waals surface area contributed by atoms with Crippen molar-refractivity contribution in [1.29, 1.82) is 0 Å². The minimum absolute atomic E-state index is 0.0239. The molecule has 1 aliphatic heterocycles. The van der Waals surface area contributed by atoms with E-state index in [1.165, 1.54) is 6.42 Å². The fraction of sp³-hybridized carbons (Fsp3) is 0.708. The number of hydrogen-bond donors (Lipinski definition) is 3. The van der Waals surface area contributed by atoms with Gasteiger partial charge in [-0.15, -0.1) is 0 Å². The Morgan fingerprint density at radius 2 is 2.03 bits per heavy atom. The summed E-state index contributed by atoms with van der Waals surface area (Å²) in [7, 11) is 0. The van der Waals surface area contributed by atoms with Gasteiger partial charge in [0.15, 0.2) is 5.96 Å². The Hall–Kier alpha value is -2.35. The third kappa shape index (κ3) is 8.30. The molecule has 1 atom stereocenters. The molecule has 1 aromatic rings. The van der Waals surface area contributed by atoms with Gasteiger partial charge >= 0.3 is 0 Å². The summed E-state index contributed by atoms with van der Waals surface area (Å²) in [6.45, 7) is 15.0. The average Bonchev–Trinajstić information content (AvgIpc) is 2.80. The highest BCUT2D eigenvalue weighted by Gasteiger charge is 2.24. The molecule has 1 aromatic heterocycles. The van der Waals surface area contributed by atoms with Crippen LogP contribution >= 0.6 is 0 Å². The van der Waals surface area contributed by atoms with Crippen molar-refractivity contribution in [3.8, 4) is 0 Å². The Morgan fingerprint density at radius 1 is 1.31 bits per heavy atom. The summed E-state index contributed by atoms with van der Waals surface area (Å²) in [6, 6.07) is 4.40. The number of aliphatic imine (C=N–C) groups is 1. The molecule has 0 aromatic carbocycles. The third-order valence-electron chi connectivity index (χ3n) is 6.21. The summed E-state index contributed by atoms with van der Waals surface area (Å²) in [5.41, 5.74) is 6.58. The molecule has 0 bridgehead atoms. The SMILES string of the molecule is CCNC(=NCc1cccnc1N1CCC(C(N)=O)CC1)NC(C)CCCN(CC)CC. The zero-order chi connectivity index (χ0) is 23.3. The lowest BCUT2D eigenvalue weighted by molar-refractivity contribution is -0.122. The largest absolute Gasteiger partial charge is 0.369 e. The van der Waals surface area contributed by atoms with Crippen molar-refractivity contribution in [1.82, 2.24) is 20.5 Å². The van der Waals surface area contributed by atoms with Gasteiger partial charge in [0.2, 0.25) is 5.91 Å². The van der Waals surface area contributed by atoms with Crippen LogP contribution in [0.2, 0.25) is 0 Å². The van der Waals surface area contributed by atoms with Crippen LogP contribution in [0.4, 0.5) is 5.82 Å². The van der Waals surface area contributed by atoms with E-state index in [9.17, 15) is 4.79 Å². The summed E-state index contributed by atoms with van der Waals surface area (Å²) in [4.78, 5) is 25.7. The van der Waals surface area contributed by atoms with Crippen molar-refractivity contribution < 1.29 is 4.79 Å². The van der Waals surface area contributed by atoms with Crippen molar-refractivity contribution in [3.63, 3.8) is 0 Å². The van der Waals surface area contributed by atoms with Gasteiger partial charge in [0, 0.05) is 43.4 Å². The van der Waals surface area contributed by atoms with E-state index >= 15 is 0 Å². The van der Waals surface area contributed by atoms with Gasteiger partial charge in [0.05, 0.1) is 6.54 Å². The number of primary amides is 1. The molecule has 1 saturated heterocycles. The number of amides is 1. The standard InChI is InChI=1S/C24H43N7O/c1-5-26-24(29-19(4)10-9-15-30(6-2)7-3)28-18-21-11-8-14-27-23(21)31-16-12-20(13-17-31)22(25)32/h8,11,14,19-20H,5-7,9-10,12-13,15-18H2,1-4H3,(H2,25,32)(H2,26,28,29). The second-order valence-electron chi connectivity index (χ2n) is 8.56. The number of carbonyl (C=O) groups excluding carboxylic acids is 1. The van der Waals surface area contributed by atoms with Crippen molar-refractivity contribution in [2.75, 3.05) is 44.2 Å². The lowest BCUT2D eigenvalue weighted by Gasteiger charge is -2.32. The van der Waals surface area contributed by atoms with E-state index in [1.807, 2.05) is 12.3 Å². The highest BCUT2D eigenvalue weighted by atomic mass is 16.1. The fourth-order valence-electron chi connectivity index (χ4n) is 4.16. The molecule has 4 N–H and O–H groups in total. The second-order valence-corrected chi connectivity index (χ2v) is 8.56. The van der Waals surface area contributed by atoms with Crippen LogP contribution in [-0.4, -0.2) is 67.1 Å².